The molecule has 0 atom stereocenters. The van der Waals surface area contributed by atoms with E-state index in [1.807, 2.05) is 36.4 Å². The second-order valence-corrected chi connectivity index (χ2v) is 6.66. The minimum atomic E-state index is 0.734. The summed E-state index contributed by atoms with van der Waals surface area (Å²) in [4.78, 5) is 9.17. The van der Waals surface area contributed by atoms with Crippen LogP contribution in [0.25, 0.3) is 21.7 Å². The summed E-state index contributed by atoms with van der Waals surface area (Å²) >= 11 is 7.70. The number of nitrogens with zero attached hydrogens (tertiary/aromatic N) is 1. The van der Waals surface area contributed by atoms with E-state index in [-0.39, 0.29) is 0 Å². The number of hydrogen-bond donors (Lipinski definition) is 2. The smallest absolute Gasteiger partial charge is 0.148 e. The highest BCUT2D eigenvalue weighted by Gasteiger charge is 2.06. The summed E-state index contributed by atoms with van der Waals surface area (Å²) < 4.78 is 0. The zero-order valence-electron chi connectivity index (χ0n) is 12.2. The van der Waals surface area contributed by atoms with Gasteiger partial charge in [0.05, 0.1) is 15.9 Å². The first kappa shape index (κ1) is 14.3. The normalized spacial score (nSPS) is 11.0. The molecule has 0 bridgehead atoms. The third-order valence-electron chi connectivity index (χ3n) is 3.62. The number of nitrogens with one attached hydrogen (secondary N) is 2. The number of halogens is 1. The molecule has 0 aliphatic heterocycles. The Morgan fingerprint density at radius 1 is 1.09 bits per heavy atom. The Kier molecular flexibility index (Phi) is 3.77. The lowest BCUT2D eigenvalue weighted by molar-refractivity contribution is 1.15. The third kappa shape index (κ3) is 3.09. The summed E-state index contributed by atoms with van der Waals surface area (Å²) in [7, 11) is 0. The largest absolute Gasteiger partial charge is 0.381 e. The van der Waals surface area contributed by atoms with Crippen LogP contribution in [0.15, 0.2) is 60.0 Å². The molecule has 0 saturated heterocycles. The quantitative estimate of drug-likeness (QED) is 0.511. The van der Waals surface area contributed by atoms with Gasteiger partial charge in [0.2, 0.25) is 0 Å². The van der Waals surface area contributed by atoms with E-state index in [9.17, 15) is 0 Å². The van der Waals surface area contributed by atoms with Crippen molar-refractivity contribution in [2.24, 2.45) is 0 Å². The maximum atomic E-state index is 6.02. The molecule has 4 rings (SSSR count). The third-order valence-corrected chi connectivity index (χ3v) is 4.73. The van der Waals surface area contributed by atoms with Gasteiger partial charge in [-0.05, 0) is 47.3 Å². The van der Waals surface area contributed by atoms with Crippen molar-refractivity contribution in [1.29, 1.82) is 0 Å². The Labute approximate surface area is 143 Å². The van der Waals surface area contributed by atoms with Crippen molar-refractivity contribution in [3.8, 4) is 10.7 Å². The number of H-pyrrole nitrogens is 1. The van der Waals surface area contributed by atoms with Crippen LogP contribution in [-0.2, 0) is 6.54 Å². The number of fused-ring (bicyclic) bond motifs is 1. The average molecular weight is 340 g/mol. The molecule has 114 valence electrons. The monoisotopic (exact) mass is 339 g/mol. The van der Waals surface area contributed by atoms with Gasteiger partial charge in [-0.2, -0.15) is 0 Å². The summed E-state index contributed by atoms with van der Waals surface area (Å²) in [5, 5.41) is 6.23. The summed E-state index contributed by atoms with van der Waals surface area (Å²) in [6.07, 6.45) is 0. The number of aromatic nitrogens is 2. The van der Waals surface area contributed by atoms with E-state index < -0.39 is 0 Å². The number of imidazole rings is 1. The molecule has 2 N–H and O–H groups in total. The first-order valence-electron chi connectivity index (χ1n) is 7.30. The Bertz CT molecular complexity index is 944. The fourth-order valence-electron chi connectivity index (χ4n) is 2.50. The van der Waals surface area contributed by atoms with Crippen LogP contribution >= 0.6 is 22.9 Å². The SMILES string of the molecule is Clc1cccc(CNc2ccc3nc(-c4cccs4)[nH]c3c2)c1. The molecule has 2 aromatic carbocycles. The molecular weight excluding hydrogens is 326 g/mol. The van der Waals surface area contributed by atoms with E-state index in [0.717, 1.165) is 44.6 Å². The van der Waals surface area contributed by atoms with Crippen molar-refractivity contribution in [3.63, 3.8) is 0 Å². The van der Waals surface area contributed by atoms with Crippen LogP contribution in [0, 0.1) is 0 Å². The van der Waals surface area contributed by atoms with Gasteiger partial charge in [-0.25, -0.2) is 4.98 Å². The van der Waals surface area contributed by atoms with E-state index in [1.54, 1.807) is 11.3 Å². The van der Waals surface area contributed by atoms with E-state index in [4.69, 9.17) is 11.6 Å². The van der Waals surface area contributed by atoms with E-state index in [2.05, 4.69) is 38.9 Å². The van der Waals surface area contributed by atoms with Gasteiger partial charge in [0.25, 0.3) is 0 Å². The van der Waals surface area contributed by atoms with E-state index in [0.29, 0.717) is 0 Å². The fourth-order valence-corrected chi connectivity index (χ4v) is 3.38. The molecule has 0 amide bonds. The first-order chi connectivity index (χ1) is 11.3. The Morgan fingerprint density at radius 2 is 2.04 bits per heavy atom. The average Bonchev–Trinajstić information content (AvgIpc) is 3.21. The minimum absolute atomic E-state index is 0.734. The molecular formula is C18H14ClN3S. The van der Waals surface area contributed by atoms with Gasteiger partial charge < -0.3 is 10.3 Å². The molecule has 2 heterocycles. The van der Waals surface area contributed by atoms with Crippen LogP contribution in [0.4, 0.5) is 5.69 Å². The Morgan fingerprint density at radius 3 is 2.87 bits per heavy atom. The highest BCUT2D eigenvalue weighted by atomic mass is 35.5. The fraction of sp³-hybridized carbons (Fsp3) is 0.0556. The summed E-state index contributed by atoms with van der Waals surface area (Å²) in [6.45, 7) is 0.734. The molecule has 5 heteroatoms. The lowest BCUT2D eigenvalue weighted by Crippen LogP contribution is -1.98. The molecule has 0 unspecified atom stereocenters. The molecule has 23 heavy (non-hydrogen) atoms. The maximum absolute atomic E-state index is 6.02. The van der Waals surface area contributed by atoms with Crippen molar-refractivity contribution < 1.29 is 0 Å². The number of anilines is 1. The van der Waals surface area contributed by atoms with Gasteiger partial charge in [0, 0.05) is 17.3 Å². The number of aromatic amines is 1. The first-order valence-corrected chi connectivity index (χ1v) is 8.56. The van der Waals surface area contributed by atoms with Gasteiger partial charge in [-0.1, -0.05) is 29.8 Å². The van der Waals surface area contributed by atoms with Crippen molar-refractivity contribution in [2.45, 2.75) is 6.54 Å². The molecule has 0 radical (unpaired) electrons. The van der Waals surface area contributed by atoms with Crippen LogP contribution in [0.2, 0.25) is 5.02 Å². The molecule has 0 aliphatic carbocycles. The Hall–Kier alpha value is -2.30. The molecule has 2 aromatic heterocycles. The maximum Gasteiger partial charge on any atom is 0.148 e. The molecule has 0 aliphatic rings. The molecule has 3 nitrogen and oxygen atoms in total. The summed E-state index contributed by atoms with van der Waals surface area (Å²) in [5.74, 6) is 0.919. The van der Waals surface area contributed by atoms with Crippen LogP contribution in [0.1, 0.15) is 5.56 Å². The van der Waals surface area contributed by atoms with Crippen molar-refractivity contribution in [1.82, 2.24) is 9.97 Å². The number of thiophene rings is 1. The highest BCUT2D eigenvalue weighted by molar-refractivity contribution is 7.13. The lowest BCUT2D eigenvalue weighted by atomic mass is 10.2. The second kappa shape index (κ2) is 6.07. The van der Waals surface area contributed by atoms with Crippen molar-refractivity contribution >= 4 is 39.7 Å². The standard InChI is InChI=1S/C18H14ClN3S/c19-13-4-1-3-12(9-13)11-20-14-6-7-15-16(10-14)22-18(21-15)17-5-2-8-23-17/h1-10,20H,11H2,(H,21,22). The summed E-state index contributed by atoms with van der Waals surface area (Å²) in [6, 6.07) is 18.1. The summed E-state index contributed by atoms with van der Waals surface area (Å²) in [5.41, 5.74) is 4.21. The number of benzene rings is 2. The van der Waals surface area contributed by atoms with Crippen LogP contribution in [0.5, 0.6) is 0 Å². The highest BCUT2D eigenvalue weighted by Crippen LogP contribution is 2.26. The van der Waals surface area contributed by atoms with Crippen LogP contribution < -0.4 is 5.32 Å². The van der Waals surface area contributed by atoms with Gasteiger partial charge in [-0.15, -0.1) is 11.3 Å². The van der Waals surface area contributed by atoms with Crippen LogP contribution in [-0.4, -0.2) is 9.97 Å². The predicted octanol–water partition coefficient (Wildman–Crippen LogP) is 5.56. The zero-order chi connectivity index (χ0) is 15.6. The molecule has 0 spiro atoms. The lowest BCUT2D eigenvalue weighted by Gasteiger charge is -2.06. The van der Waals surface area contributed by atoms with Crippen LogP contribution in [0.3, 0.4) is 0 Å². The van der Waals surface area contributed by atoms with E-state index in [1.165, 1.54) is 0 Å². The minimum Gasteiger partial charge on any atom is -0.381 e. The number of hydrogen-bond acceptors (Lipinski definition) is 3. The van der Waals surface area contributed by atoms with Gasteiger partial charge in [0.1, 0.15) is 5.82 Å². The molecule has 4 aromatic rings. The van der Waals surface area contributed by atoms with Crippen molar-refractivity contribution in [3.05, 3.63) is 70.6 Å². The Balaban J connectivity index is 1.56. The topological polar surface area (TPSA) is 40.7 Å². The van der Waals surface area contributed by atoms with Gasteiger partial charge in [-0.3, -0.25) is 0 Å². The van der Waals surface area contributed by atoms with Gasteiger partial charge >= 0.3 is 0 Å². The molecule has 0 saturated carbocycles. The predicted molar refractivity (Wildman–Crippen MR) is 98.2 cm³/mol. The van der Waals surface area contributed by atoms with Crippen molar-refractivity contribution in [2.75, 3.05) is 5.32 Å². The van der Waals surface area contributed by atoms with E-state index >= 15 is 0 Å². The zero-order valence-corrected chi connectivity index (χ0v) is 13.8. The molecule has 0 fully saturated rings. The number of rotatable bonds is 4. The second-order valence-electron chi connectivity index (χ2n) is 5.28. The van der Waals surface area contributed by atoms with Gasteiger partial charge in [0.15, 0.2) is 0 Å².